The van der Waals surface area contributed by atoms with Crippen molar-refractivity contribution in [2.45, 2.75) is 65.8 Å². The molecule has 0 bridgehead atoms. The molecule has 0 saturated carbocycles. The van der Waals surface area contributed by atoms with Crippen molar-refractivity contribution in [1.82, 2.24) is 4.90 Å². The van der Waals surface area contributed by atoms with E-state index in [1.807, 2.05) is 54.5 Å². The fourth-order valence-corrected chi connectivity index (χ4v) is 4.22. The van der Waals surface area contributed by atoms with Crippen molar-refractivity contribution in [2.24, 2.45) is 0 Å². The summed E-state index contributed by atoms with van der Waals surface area (Å²) in [5.74, 6) is 1.04. The summed E-state index contributed by atoms with van der Waals surface area (Å²) in [6, 6.07) is 7.19. The molecule has 0 radical (unpaired) electrons. The lowest BCUT2D eigenvalue weighted by molar-refractivity contribution is 0.0962. The predicted octanol–water partition coefficient (Wildman–Crippen LogP) is 6.06. The van der Waals surface area contributed by atoms with Gasteiger partial charge in [0.25, 0.3) is 0 Å². The molecule has 2 N–H and O–H groups in total. The van der Waals surface area contributed by atoms with Crippen LogP contribution in [0.15, 0.2) is 24.3 Å². The van der Waals surface area contributed by atoms with E-state index in [9.17, 15) is 9.90 Å². The number of hydrogen-bond donors (Lipinski definition) is 2. The number of rotatable bonds is 5. The van der Waals surface area contributed by atoms with Crippen LogP contribution in [-0.2, 0) is 17.4 Å². The normalized spacial score (nSPS) is 14.0. The number of halogens is 1. The predicted molar refractivity (Wildman–Crippen MR) is 130 cm³/mol. The number of carbonyl (C=O) groups is 1. The van der Waals surface area contributed by atoms with E-state index >= 15 is 0 Å². The van der Waals surface area contributed by atoms with Crippen molar-refractivity contribution >= 4 is 23.2 Å². The van der Waals surface area contributed by atoms with E-state index in [0.29, 0.717) is 29.5 Å². The van der Waals surface area contributed by atoms with Gasteiger partial charge in [-0.3, -0.25) is 10.2 Å². The molecule has 32 heavy (non-hydrogen) atoms. The highest BCUT2D eigenvalue weighted by Gasteiger charge is 2.31. The summed E-state index contributed by atoms with van der Waals surface area (Å²) in [4.78, 5) is 15.1. The number of amidine groups is 1. The van der Waals surface area contributed by atoms with Gasteiger partial charge in [-0.25, -0.2) is 0 Å². The number of carbonyl (C=O) groups excluding carboxylic acids is 1. The van der Waals surface area contributed by atoms with Crippen molar-refractivity contribution in [3.8, 4) is 11.5 Å². The number of nitrogens with one attached hydrogen (secondary N) is 1. The number of ketones is 1. The maximum atomic E-state index is 13.3. The zero-order valence-electron chi connectivity index (χ0n) is 20.0. The van der Waals surface area contributed by atoms with Crippen LogP contribution < -0.4 is 4.74 Å². The molecule has 5 nitrogen and oxygen atoms in total. The summed E-state index contributed by atoms with van der Waals surface area (Å²) in [6.45, 7) is 15.1. The van der Waals surface area contributed by atoms with E-state index < -0.39 is 0 Å². The number of nitrogens with zero attached hydrogens (tertiary/aromatic N) is 1. The number of fused-ring (bicyclic) bond motifs is 1. The van der Waals surface area contributed by atoms with Gasteiger partial charge < -0.3 is 14.7 Å². The average molecular weight is 457 g/mol. The fraction of sp³-hybridized carbons (Fsp3) is 0.462. The molecule has 0 fully saturated rings. The number of aromatic hydroxyl groups is 1. The Balaban J connectivity index is 1.93. The minimum atomic E-state index is -0.316. The minimum absolute atomic E-state index is 0.0764. The molecule has 3 rings (SSSR count). The van der Waals surface area contributed by atoms with E-state index in [4.69, 9.17) is 21.7 Å². The Morgan fingerprint density at radius 2 is 1.66 bits per heavy atom. The van der Waals surface area contributed by atoms with Crippen LogP contribution in [0.1, 0.15) is 81.1 Å². The van der Waals surface area contributed by atoms with Gasteiger partial charge in [0.2, 0.25) is 0 Å². The molecule has 1 aliphatic heterocycles. The van der Waals surface area contributed by atoms with Crippen molar-refractivity contribution in [1.29, 1.82) is 5.41 Å². The zero-order valence-corrected chi connectivity index (χ0v) is 20.8. The summed E-state index contributed by atoms with van der Waals surface area (Å²) in [6.07, 6.45) is 0. The SMILES string of the molecule is CCOc1cc2c(cc1Cl)C(=N)N(CC(=O)c1cc(C(C)(C)C)c(O)c(C(C)(C)C)c1)C2. The lowest BCUT2D eigenvalue weighted by atomic mass is 9.78. The van der Waals surface area contributed by atoms with E-state index in [2.05, 4.69) is 0 Å². The lowest BCUT2D eigenvalue weighted by Gasteiger charge is -2.28. The Labute approximate surface area is 195 Å². The molecule has 1 heterocycles. The zero-order chi connectivity index (χ0) is 24.0. The summed E-state index contributed by atoms with van der Waals surface area (Å²) < 4.78 is 5.57. The highest BCUT2D eigenvalue weighted by atomic mass is 35.5. The third kappa shape index (κ3) is 4.63. The van der Waals surface area contributed by atoms with Crippen molar-refractivity contribution < 1.29 is 14.6 Å². The Hall–Kier alpha value is -2.53. The van der Waals surface area contributed by atoms with Gasteiger partial charge in [0.05, 0.1) is 18.2 Å². The maximum absolute atomic E-state index is 13.3. The average Bonchev–Trinajstić information content (AvgIpc) is 2.95. The third-order valence-electron chi connectivity index (χ3n) is 5.77. The highest BCUT2D eigenvalue weighted by molar-refractivity contribution is 6.32. The minimum Gasteiger partial charge on any atom is -0.507 e. The van der Waals surface area contributed by atoms with Gasteiger partial charge in [-0.15, -0.1) is 0 Å². The Bertz CT molecular complexity index is 1040. The van der Waals surface area contributed by atoms with Crippen LogP contribution in [0.4, 0.5) is 0 Å². The van der Waals surface area contributed by atoms with Crippen LogP contribution in [0.5, 0.6) is 11.5 Å². The van der Waals surface area contributed by atoms with E-state index in [1.165, 1.54) is 0 Å². The van der Waals surface area contributed by atoms with Gasteiger partial charge >= 0.3 is 0 Å². The van der Waals surface area contributed by atoms with Gasteiger partial charge in [-0.05, 0) is 47.6 Å². The van der Waals surface area contributed by atoms with Gasteiger partial charge in [-0.1, -0.05) is 53.1 Å². The summed E-state index contributed by atoms with van der Waals surface area (Å²) in [5, 5.41) is 20.0. The second-order valence-corrected chi connectivity index (χ2v) is 10.8. The highest BCUT2D eigenvalue weighted by Crippen LogP contribution is 2.40. The molecule has 0 aromatic heterocycles. The lowest BCUT2D eigenvalue weighted by Crippen LogP contribution is -2.30. The van der Waals surface area contributed by atoms with Crippen molar-refractivity contribution in [2.75, 3.05) is 13.2 Å². The standard InChI is InChI=1S/C26H33ClN2O3/c1-8-32-22-11-16-13-29(24(28)17(16)12-20(22)27)14-21(30)15-9-18(25(2,3)4)23(31)19(10-15)26(5,6)7/h9-12,28,31H,8,13-14H2,1-7H3. The topological polar surface area (TPSA) is 73.6 Å². The molecule has 0 saturated heterocycles. The number of hydrogen-bond acceptors (Lipinski definition) is 4. The first kappa shape index (κ1) is 24.1. The Morgan fingerprint density at radius 3 is 2.16 bits per heavy atom. The van der Waals surface area contributed by atoms with E-state index in [0.717, 1.165) is 22.3 Å². The number of ether oxygens (including phenoxy) is 1. The van der Waals surface area contributed by atoms with Crippen LogP contribution in [0, 0.1) is 5.41 Å². The first-order chi connectivity index (χ1) is 14.7. The molecule has 0 aliphatic carbocycles. The second-order valence-electron chi connectivity index (χ2n) is 10.4. The molecule has 2 aromatic rings. The van der Waals surface area contributed by atoms with Crippen LogP contribution >= 0.6 is 11.6 Å². The number of phenols is 1. The molecular weight excluding hydrogens is 424 g/mol. The monoisotopic (exact) mass is 456 g/mol. The van der Waals surface area contributed by atoms with Gasteiger partial charge in [0, 0.05) is 28.8 Å². The van der Waals surface area contributed by atoms with Crippen molar-refractivity contribution in [3.63, 3.8) is 0 Å². The van der Waals surface area contributed by atoms with Crippen molar-refractivity contribution in [3.05, 3.63) is 57.1 Å². The maximum Gasteiger partial charge on any atom is 0.182 e. The fourth-order valence-electron chi connectivity index (χ4n) is 4.01. The largest absolute Gasteiger partial charge is 0.507 e. The smallest absolute Gasteiger partial charge is 0.182 e. The Morgan fingerprint density at radius 1 is 1.09 bits per heavy atom. The van der Waals surface area contributed by atoms with Gasteiger partial charge in [0.1, 0.15) is 17.3 Å². The molecule has 6 heteroatoms. The second kappa shape index (κ2) is 8.43. The van der Waals surface area contributed by atoms with Crippen LogP contribution in [0.3, 0.4) is 0 Å². The summed E-state index contributed by atoms with van der Waals surface area (Å²) in [5.41, 5.74) is 3.07. The Kier molecular flexibility index (Phi) is 6.36. The van der Waals surface area contributed by atoms with E-state index in [1.54, 1.807) is 23.1 Å². The molecule has 0 amide bonds. The molecular formula is C26H33ClN2O3. The number of benzene rings is 2. The van der Waals surface area contributed by atoms with Crippen LogP contribution in [-0.4, -0.2) is 34.8 Å². The van der Waals surface area contributed by atoms with E-state index in [-0.39, 0.29) is 34.7 Å². The first-order valence-corrected chi connectivity index (χ1v) is 11.3. The quantitative estimate of drug-likeness (QED) is 0.536. The first-order valence-electron chi connectivity index (χ1n) is 10.9. The molecule has 0 spiro atoms. The molecule has 0 atom stereocenters. The number of Topliss-reactive ketones (excluding diaryl/α,β-unsaturated/α-hetero) is 1. The third-order valence-corrected chi connectivity index (χ3v) is 6.07. The molecule has 172 valence electrons. The summed E-state index contributed by atoms with van der Waals surface area (Å²) in [7, 11) is 0. The molecule has 2 aromatic carbocycles. The van der Waals surface area contributed by atoms with Gasteiger partial charge in [-0.2, -0.15) is 0 Å². The van der Waals surface area contributed by atoms with Gasteiger partial charge in [0.15, 0.2) is 5.78 Å². The molecule has 0 unspecified atom stereocenters. The molecule has 1 aliphatic rings. The van der Waals surface area contributed by atoms with Crippen LogP contribution in [0.2, 0.25) is 5.02 Å². The van der Waals surface area contributed by atoms with Crippen LogP contribution in [0.25, 0.3) is 0 Å². The summed E-state index contributed by atoms with van der Waals surface area (Å²) >= 11 is 6.31. The number of phenolic OH excluding ortho intramolecular Hbond substituents is 1.